The Morgan fingerprint density at radius 3 is 2.32 bits per heavy atom. The quantitative estimate of drug-likeness (QED) is 0.604. The van der Waals surface area contributed by atoms with Crippen molar-refractivity contribution < 1.29 is 4.92 Å². The predicted octanol–water partition coefficient (Wildman–Crippen LogP) is 4.78. The zero-order chi connectivity index (χ0) is 15.9. The second-order valence-electron chi connectivity index (χ2n) is 5.82. The first-order valence-corrected chi connectivity index (χ1v) is 7.67. The van der Waals surface area contributed by atoms with Gasteiger partial charge in [0.25, 0.3) is 5.69 Å². The molecule has 2 aromatic rings. The van der Waals surface area contributed by atoms with E-state index in [0.29, 0.717) is 0 Å². The first-order chi connectivity index (χ1) is 10.5. The molecular weight excluding hydrogens is 276 g/mol. The number of benzene rings is 2. The van der Waals surface area contributed by atoms with E-state index >= 15 is 0 Å². The van der Waals surface area contributed by atoms with Gasteiger partial charge < -0.3 is 4.90 Å². The lowest BCUT2D eigenvalue weighted by atomic mass is 9.67. The van der Waals surface area contributed by atoms with Gasteiger partial charge in [0.15, 0.2) is 0 Å². The van der Waals surface area contributed by atoms with Gasteiger partial charge in [-0.1, -0.05) is 32.0 Å². The summed E-state index contributed by atoms with van der Waals surface area (Å²) in [4.78, 5) is 13.0. The molecule has 0 saturated carbocycles. The maximum atomic E-state index is 11.2. The van der Waals surface area contributed by atoms with Gasteiger partial charge in [0.1, 0.15) is 0 Å². The maximum absolute atomic E-state index is 11.2. The Balaban J connectivity index is 2.34. The van der Waals surface area contributed by atoms with Crippen molar-refractivity contribution >= 4 is 17.1 Å². The number of nitro groups is 1. The minimum atomic E-state index is -0.309. The van der Waals surface area contributed by atoms with Crippen molar-refractivity contribution in [1.82, 2.24) is 0 Å². The molecule has 0 aliphatic carbocycles. The molecule has 2 aromatic carbocycles. The van der Waals surface area contributed by atoms with Gasteiger partial charge in [0.2, 0.25) is 0 Å². The highest BCUT2D eigenvalue weighted by molar-refractivity contribution is 5.78. The summed E-state index contributed by atoms with van der Waals surface area (Å²) in [5, 5.41) is 11.2. The number of hydrogen-bond acceptors (Lipinski definition) is 3. The lowest BCUT2D eigenvalue weighted by Gasteiger charge is -2.43. The van der Waals surface area contributed by atoms with E-state index in [-0.39, 0.29) is 16.0 Å². The van der Waals surface area contributed by atoms with Crippen LogP contribution < -0.4 is 4.90 Å². The van der Waals surface area contributed by atoms with E-state index in [4.69, 9.17) is 0 Å². The van der Waals surface area contributed by atoms with Crippen LogP contribution in [0.5, 0.6) is 0 Å². The molecule has 0 unspecified atom stereocenters. The average Bonchev–Trinajstić information content (AvgIpc) is 2.56. The van der Waals surface area contributed by atoms with Crippen molar-refractivity contribution in [2.45, 2.75) is 32.1 Å². The summed E-state index contributed by atoms with van der Waals surface area (Å²) in [5.74, 6) is 0. The smallest absolute Gasteiger partial charge is 0.269 e. The third kappa shape index (κ3) is 1.83. The van der Waals surface area contributed by atoms with Gasteiger partial charge in [-0.05, 0) is 36.1 Å². The van der Waals surface area contributed by atoms with E-state index in [2.05, 4.69) is 36.9 Å². The van der Waals surface area contributed by atoms with Gasteiger partial charge in [-0.15, -0.1) is 0 Å². The summed E-state index contributed by atoms with van der Waals surface area (Å²) in [5.41, 5.74) is 4.58. The summed E-state index contributed by atoms with van der Waals surface area (Å²) in [6.45, 7) is 4.32. The SMILES string of the molecule is CCC1(CC)c2ccccc2N(C)c2ccc([N+](=O)[O-])cc21. The number of para-hydroxylation sites is 1. The lowest BCUT2D eigenvalue weighted by molar-refractivity contribution is -0.384. The highest BCUT2D eigenvalue weighted by atomic mass is 16.6. The van der Waals surface area contributed by atoms with Crippen molar-refractivity contribution in [3.05, 3.63) is 63.7 Å². The van der Waals surface area contributed by atoms with Gasteiger partial charge in [0, 0.05) is 36.0 Å². The van der Waals surface area contributed by atoms with Crippen molar-refractivity contribution in [3.8, 4) is 0 Å². The van der Waals surface area contributed by atoms with Crippen LogP contribution in [0.25, 0.3) is 0 Å². The van der Waals surface area contributed by atoms with E-state index in [1.165, 1.54) is 11.3 Å². The van der Waals surface area contributed by atoms with Crippen LogP contribution in [-0.2, 0) is 5.41 Å². The molecule has 22 heavy (non-hydrogen) atoms. The number of hydrogen-bond donors (Lipinski definition) is 0. The first kappa shape index (κ1) is 14.6. The fraction of sp³-hybridized carbons (Fsp3) is 0.333. The molecular formula is C18H20N2O2. The van der Waals surface area contributed by atoms with Crippen LogP contribution >= 0.6 is 0 Å². The second-order valence-corrected chi connectivity index (χ2v) is 5.82. The zero-order valence-electron chi connectivity index (χ0n) is 13.2. The van der Waals surface area contributed by atoms with Crippen LogP contribution in [0, 0.1) is 10.1 Å². The highest BCUT2D eigenvalue weighted by Crippen LogP contribution is 2.52. The Labute approximate surface area is 130 Å². The number of anilines is 2. The molecule has 0 bridgehead atoms. The topological polar surface area (TPSA) is 46.4 Å². The van der Waals surface area contributed by atoms with Crippen LogP contribution in [0.3, 0.4) is 0 Å². The number of fused-ring (bicyclic) bond motifs is 2. The molecule has 0 atom stereocenters. The van der Waals surface area contributed by atoms with E-state index in [9.17, 15) is 10.1 Å². The maximum Gasteiger partial charge on any atom is 0.269 e. The number of non-ortho nitro benzene ring substituents is 1. The van der Waals surface area contributed by atoms with Gasteiger partial charge >= 0.3 is 0 Å². The Kier molecular flexibility index (Phi) is 3.39. The largest absolute Gasteiger partial charge is 0.344 e. The monoisotopic (exact) mass is 296 g/mol. The molecule has 1 heterocycles. The molecule has 0 radical (unpaired) electrons. The summed E-state index contributed by atoms with van der Waals surface area (Å²) in [7, 11) is 2.03. The average molecular weight is 296 g/mol. The molecule has 0 spiro atoms. The molecule has 0 amide bonds. The molecule has 1 aliphatic rings. The Morgan fingerprint density at radius 1 is 1.05 bits per heavy atom. The van der Waals surface area contributed by atoms with Gasteiger partial charge in [-0.3, -0.25) is 10.1 Å². The Morgan fingerprint density at radius 2 is 1.68 bits per heavy atom. The van der Waals surface area contributed by atoms with Crippen molar-refractivity contribution in [3.63, 3.8) is 0 Å². The molecule has 114 valence electrons. The number of nitro benzene ring substituents is 1. The fourth-order valence-corrected chi connectivity index (χ4v) is 3.77. The molecule has 4 heteroatoms. The van der Waals surface area contributed by atoms with E-state index in [1.54, 1.807) is 12.1 Å². The first-order valence-electron chi connectivity index (χ1n) is 7.67. The third-order valence-corrected chi connectivity index (χ3v) is 5.06. The zero-order valence-corrected chi connectivity index (χ0v) is 13.2. The standard InChI is InChI=1S/C18H20N2O2/c1-4-18(5-2)14-8-6-7-9-16(14)19(3)17-11-10-13(20(21)22)12-15(17)18/h6-12H,4-5H2,1-3H3. The van der Waals surface area contributed by atoms with Gasteiger partial charge in [-0.2, -0.15) is 0 Å². The highest BCUT2D eigenvalue weighted by Gasteiger charge is 2.40. The van der Waals surface area contributed by atoms with E-state index < -0.39 is 0 Å². The summed E-state index contributed by atoms with van der Waals surface area (Å²) in [6.07, 6.45) is 1.84. The summed E-state index contributed by atoms with van der Waals surface area (Å²) >= 11 is 0. The minimum absolute atomic E-state index is 0.162. The van der Waals surface area contributed by atoms with Crippen LogP contribution in [0.1, 0.15) is 37.8 Å². The molecule has 4 nitrogen and oxygen atoms in total. The van der Waals surface area contributed by atoms with Crippen molar-refractivity contribution in [2.24, 2.45) is 0 Å². The predicted molar refractivity (Wildman–Crippen MR) is 89.0 cm³/mol. The van der Waals surface area contributed by atoms with E-state index in [0.717, 1.165) is 24.1 Å². The lowest BCUT2D eigenvalue weighted by Crippen LogP contribution is -2.34. The minimum Gasteiger partial charge on any atom is -0.344 e. The molecule has 1 aliphatic heterocycles. The van der Waals surface area contributed by atoms with Crippen molar-refractivity contribution in [1.29, 1.82) is 0 Å². The molecule has 0 fully saturated rings. The third-order valence-electron chi connectivity index (χ3n) is 5.06. The summed E-state index contributed by atoms with van der Waals surface area (Å²) < 4.78 is 0. The number of nitrogens with zero attached hydrogens (tertiary/aromatic N) is 2. The summed E-state index contributed by atoms with van der Waals surface area (Å²) in [6, 6.07) is 13.6. The Bertz CT molecular complexity index is 736. The fourth-order valence-electron chi connectivity index (χ4n) is 3.77. The number of rotatable bonds is 3. The Hall–Kier alpha value is -2.36. The molecule has 3 rings (SSSR count). The molecule has 0 N–H and O–H groups in total. The van der Waals surface area contributed by atoms with Crippen LogP contribution in [0.15, 0.2) is 42.5 Å². The van der Waals surface area contributed by atoms with E-state index in [1.807, 2.05) is 19.2 Å². The van der Waals surface area contributed by atoms with Crippen LogP contribution in [0.2, 0.25) is 0 Å². The van der Waals surface area contributed by atoms with Gasteiger partial charge in [0.05, 0.1) is 4.92 Å². The van der Waals surface area contributed by atoms with Crippen molar-refractivity contribution in [2.75, 3.05) is 11.9 Å². The normalized spacial score (nSPS) is 15.1. The molecule has 0 aromatic heterocycles. The second kappa shape index (κ2) is 5.13. The van der Waals surface area contributed by atoms with Crippen LogP contribution in [0.4, 0.5) is 17.1 Å². The molecule has 0 saturated heterocycles. The van der Waals surface area contributed by atoms with Crippen LogP contribution in [-0.4, -0.2) is 12.0 Å². The van der Waals surface area contributed by atoms with Gasteiger partial charge in [-0.25, -0.2) is 0 Å².